The van der Waals surface area contributed by atoms with Gasteiger partial charge in [0.15, 0.2) is 5.82 Å². The molecule has 0 saturated heterocycles. The number of pyridine rings is 1. The van der Waals surface area contributed by atoms with E-state index in [1.165, 1.54) is 13.3 Å². The van der Waals surface area contributed by atoms with Crippen LogP contribution in [-0.4, -0.2) is 18.1 Å². The first-order chi connectivity index (χ1) is 6.70. The van der Waals surface area contributed by atoms with Crippen molar-refractivity contribution in [3.8, 4) is 0 Å². The van der Waals surface area contributed by atoms with Gasteiger partial charge < -0.3 is 4.74 Å². The van der Waals surface area contributed by atoms with Gasteiger partial charge in [-0.15, -0.1) is 0 Å². The Morgan fingerprint density at radius 2 is 2.29 bits per heavy atom. The maximum absolute atomic E-state index is 13.2. The van der Waals surface area contributed by atoms with Gasteiger partial charge in [0.25, 0.3) is 0 Å². The Morgan fingerprint density at radius 1 is 1.57 bits per heavy atom. The van der Waals surface area contributed by atoms with Crippen LogP contribution in [0.25, 0.3) is 6.08 Å². The molecule has 0 N–H and O–H groups in total. The minimum absolute atomic E-state index is 0.0828. The third kappa shape index (κ3) is 1.96. The van der Waals surface area contributed by atoms with Gasteiger partial charge in [-0.05, 0) is 6.92 Å². The molecule has 3 nitrogen and oxygen atoms in total. The van der Waals surface area contributed by atoms with E-state index in [2.05, 4.69) is 9.72 Å². The number of esters is 1. The molecule has 4 heteroatoms. The standard InChI is InChI=1S/C10H10FNO2/c1-3-4-7-5-12-6-8(11)9(7)10(13)14-2/h3-6H,1-2H3/b4-3+. The van der Waals surface area contributed by atoms with Gasteiger partial charge in [-0.1, -0.05) is 12.2 Å². The van der Waals surface area contributed by atoms with Crippen LogP contribution in [0, 0.1) is 5.82 Å². The van der Waals surface area contributed by atoms with E-state index in [4.69, 9.17) is 0 Å². The maximum atomic E-state index is 13.2. The van der Waals surface area contributed by atoms with Crippen molar-refractivity contribution in [3.63, 3.8) is 0 Å². The minimum atomic E-state index is -0.696. The summed E-state index contributed by atoms with van der Waals surface area (Å²) in [5.74, 6) is -1.37. The summed E-state index contributed by atoms with van der Waals surface area (Å²) in [5, 5.41) is 0. The van der Waals surface area contributed by atoms with E-state index in [9.17, 15) is 9.18 Å². The van der Waals surface area contributed by atoms with Crippen LogP contribution in [0.2, 0.25) is 0 Å². The lowest BCUT2D eigenvalue weighted by atomic mass is 10.1. The molecule has 74 valence electrons. The fraction of sp³-hybridized carbons (Fsp3) is 0.200. The Morgan fingerprint density at radius 3 is 2.86 bits per heavy atom. The number of allylic oxidation sites excluding steroid dienone is 1. The van der Waals surface area contributed by atoms with Gasteiger partial charge in [-0.3, -0.25) is 4.98 Å². The molecule has 0 bridgehead atoms. The number of hydrogen-bond donors (Lipinski definition) is 0. The van der Waals surface area contributed by atoms with Crippen LogP contribution >= 0.6 is 0 Å². The third-order valence-electron chi connectivity index (χ3n) is 1.66. The van der Waals surface area contributed by atoms with Crippen molar-refractivity contribution < 1.29 is 13.9 Å². The monoisotopic (exact) mass is 195 g/mol. The zero-order chi connectivity index (χ0) is 10.6. The van der Waals surface area contributed by atoms with E-state index in [1.807, 2.05) is 0 Å². The number of ether oxygens (including phenoxy) is 1. The summed E-state index contributed by atoms with van der Waals surface area (Å²) in [4.78, 5) is 14.9. The van der Waals surface area contributed by atoms with Gasteiger partial charge >= 0.3 is 5.97 Å². The lowest BCUT2D eigenvalue weighted by Crippen LogP contribution is -2.07. The summed E-state index contributed by atoms with van der Waals surface area (Å²) in [6.07, 6.45) is 5.69. The number of aromatic nitrogens is 1. The lowest BCUT2D eigenvalue weighted by molar-refractivity contribution is 0.0595. The summed E-state index contributed by atoms with van der Waals surface area (Å²) in [6.45, 7) is 1.77. The number of methoxy groups -OCH3 is 1. The van der Waals surface area contributed by atoms with Crippen LogP contribution in [0.3, 0.4) is 0 Å². The number of halogens is 1. The van der Waals surface area contributed by atoms with E-state index >= 15 is 0 Å². The second-order valence-electron chi connectivity index (χ2n) is 2.58. The molecule has 1 heterocycles. The fourth-order valence-corrected chi connectivity index (χ4v) is 1.07. The van der Waals surface area contributed by atoms with Gasteiger partial charge in [-0.2, -0.15) is 0 Å². The Labute approximate surface area is 81.2 Å². The highest BCUT2D eigenvalue weighted by Gasteiger charge is 2.15. The van der Waals surface area contributed by atoms with E-state index in [0.29, 0.717) is 5.56 Å². The molecule has 0 spiro atoms. The molecule has 0 aliphatic rings. The lowest BCUT2D eigenvalue weighted by Gasteiger charge is -2.03. The Kier molecular flexibility index (Phi) is 3.34. The summed E-state index contributed by atoms with van der Waals surface area (Å²) in [5.41, 5.74) is 0.333. The SMILES string of the molecule is C/C=C/c1cncc(F)c1C(=O)OC. The summed E-state index contributed by atoms with van der Waals surface area (Å²) in [6, 6.07) is 0. The predicted octanol–water partition coefficient (Wildman–Crippen LogP) is 2.04. The quantitative estimate of drug-likeness (QED) is 0.678. The zero-order valence-electron chi connectivity index (χ0n) is 7.95. The Bertz CT molecular complexity index is 374. The van der Waals surface area contributed by atoms with E-state index in [0.717, 1.165) is 6.20 Å². The van der Waals surface area contributed by atoms with Gasteiger partial charge in [0, 0.05) is 11.8 Å². The Hall–Kier alpha value is -1.71. The molecule has 1 aromatic rings. The van der Waals surface area contributed by atoms with Gasteiger partial charge in [-0.25, -0.2) is 9.18 Å². The minimum Gasteiger partial charge on any atom is -0.465 e. The van der Waals surface area contributed by atoms with Crippen LogP contribution in [0.4, 0.5) is 4.39 Å². The number of hydrogen-bond acceptors (Lipinski definition) is 3. The van der Waals surface area contributed by atoms with E-state index in [1.54, 1.807) is 19.1 Å². The maximum Gasteiger partial charge on any atom is 0.341 e. The molecule has 1 rings (SSSR count). The molecule has 14 heavy (non-hydrogen) atoms. The van der Waals surface area contributed by atoms with Gasteiger partial charge in [0.05, 0.1) is 13.3 Å². The first kappa shape index (κ1) is 10.4. The van der Waals surface area contributed by atoms with Crippen molar-refractivity contribution >= 4 is 12.0 Å². The largest absolute Gasteiger partial charge is 0.465 e. The summed E-state index contributed by atoms with van der Waals surface area (Å²) >= 11 is 0. The van der Waals surface area contributed by atoms with Crippen LogP contribution in [0.1, 0.15) is 22.8 Å². The van der Waals surface area contributed by atoms with E-state index < -0.39 is 11.8 Å². The second kappa shape index (κ2) is 4.50. The molecule has 0 radical (unpaired) electrons. The van der Waals surface area contributed by atoms with Crippen LogP contribution < -0.4 is 0 Å². The highest BCUT2D eigenvalue weighted by molar-refractivity contribution is 5.93. The van der Waals surface area contributed by atoms with Crippen LogP contribution in [0.15, 0.2) is 18.5 Å². The van der Waals surface area contributed by atoms with Crippen molar-refractivity contribution in [3.05, 3.63) is 35.4 Å². The van der Waals surface area contributed by atoms with E-state index in [-0.39, 0.29) is 5.56 Å². The molecular weight excluding hydrogens is 185 g/mol. The summed E-state index contributed by atoms with van der Waals surface area (Å²) < 4.78 is 17.7. The smallest absolute Gasteiger partial charge is 0.341 e. The average Bonchev–Trinajstić information content (AvgIpc) is 2.18. The van der Waals surface area contributed by atoms with Crippen LogP contribution in [0.5, 0.6) is 0 Å². The fourth-order valence-electron chi connectivity index (χ4n) is 1.07. The second-order valence-corrected chi connectivity index (χ2v) is 2.58. The highest BCUT2D eigenvalue weighted by Crippen LogP contribution is 2.14. The number of nitrogens with zero attached hydrogens (tertiary/aromatic N) is 1. The topological polar surface area (TPSA) is 39.2 Å². The van der Waals surface area contributed by atoms with Crippen molar-refractivity contribution in [2.45, 2.75) is 6.92 Å². The molecule has 0 unspecified atom stereocenters. The van der Waals surface area contributed by atoms with Crippen LogP contribution in [-0.2, 0) is 4.74 Å². The third-order valence-corrected chi connectivity index (χ3v) is 1.66. The molecular formula is C10H10FNO2. The first-order valence-electron chi connectivity index (χ1n) is 4.05. The molecule has 0 fully saturated rings. The number of carbonyl (C=O) groups is 1. The van der Waals surface area contributed by atoms with Crippen molar-refractivity contribution in [1.29, 1.82) is 0 Å². The predicted molar refractivity (Wildman–Crippen MR) is 50.2 cm³/mol. The molecule has 0 aromatic carbocycles. The van der Waals surface area contributed by atoms with Crippen molar-refractivity contribution in [1.82, 2.24) is 4.98 Å². The molecule has 0 saturated carbocycles. The van der Waals surface area contributed by atoms with Gasteiger partial charge in [0.1, 0.15) is 5.56 Å². The number of rotatable bonds is 2. The average molecular weight is 195 g/mol. The zero-order valence-corrected chi connectivity index (χ0v) is 7.95. The molecule has 0 amide bonds. The number of carbonyl (C=O) groups excluding carboxylic acids is 1. The molecule has 1 aromatic heterocycles. The normalized spacial score (nSPS) is 10.5. The Balaban J connectivity index is 3.29. The highest BCUT2D eigenvalue weighted by atomic mass is 19.1. The molecule has 0 atom stereocenters. The van der Waals surface area contributed by atoms with Gasteiger partial charge in [0.2, 0.25) is 0 Å². The molecule has 0 aliphatic carbocycles. The van der Waals surface area contributed by atoms with Crippen molar-refractivity contribution in [2.75, 3.05) is 7.11 Å². The summed E-state index contributed by atoms with van der Waals surface area (Å²) in [7, 11) is 1.21. The van der Waals surface area contributed by atoms with Crippen molar-refractivity contribution in [2.24, 2.45) is 0 Å². The molecule has 0 aliphatic heterocycles. The first-order valence-corrected chi connectivity index (χ1v) is 4.05.